The molecule has 174 valence electrons. The van der Waals surface area contributed by atoms with Crippen molar-refractivity contribution in [3.8, 4) is 0 Å². The van der Waals surface area contributed by atoms with E-state index in [2.05, 4.69) is 4.98 Å². The molecule has 1 amide bonds. The summed E-state index contributed by atoms with van der Waals surface area (Å²) in [7, 11) is 1.22. The van der Waals surface area contributed by atoms with Crippen molar-refractivity contribution in [3.05, 3.63) is 86.1 Å². The molecule has 1 N–H and O–H groups in total. The summed E-state index contributed by atoms with van der Waals surface area (Å²) in [4.78, 5) is 44.0. The van der Waals surface area contributed by atoms with Gasteiger partial charge in [-0.25, -0.2) is 14.2 Å². The fourth-order valence-electron chi connectivity index (χ4n) is 3.65. The Kier molecular flexibility index (Phi) is 6.24. The van der Waals surface area contributed by atoms with Gasteiger partial charge in [-0.05, 0) is 43.2 Å². The highest BCUT2D eigenvalue weighted by Crippen LogP contribution is 2.44. The Morgan fingerprint density at radius 2 is 1.85 bits per heavy atom. The third-order valence-electron chi connectivity index (χ3n) is 5.44. The monoisotopic (exact) mass is 500 g/mol. The first-order valence-corrected chi connectivity index (χ1v) is 11.2. The first-order chi connectivity index (χ1) is 16.1. The SMILES string of the molecule is COC(=O)c1sc(N2C(=O)C(=O)C(=C(O)c3ccc(C)c(F)c3)C2c2ccc(Cl)cc2)nc1C. The zero-order valence-electron chi connectivity index (χ0n) is 18.3. The number of ketones is 1. The number of methoxy groups -OCH3 is 1. The minimum absolute atomic E-state index is 0.0469. The van der Waals surface area contributed by atoms with Gasteiger partial charge in [-0.2, -0.15) is 0 Å². The summed E-state index contributed by atoms with van der Waals surface area (Å²) in [6, 6.07) is 9.31. The van der Waals surface area contributed by atoms with Crippen molar-refractivity contribution in [3.63, 3.8) is 0 Å². The molecule has 2 heterocycles. The molecule has 3 aromatic rings. The molecule has 2 aromatic carbocycles. The van der Waals surface area contributed by atoms with Gasteiger partial charge in [-0.3, -0.25) is 14.5 Å². The van der Waals surface area contributed by atoms with E-state index in [1.807, 2.05) is 0 Å². The van der Waals surface area contributed by atoms with E-state index in [9.17, 15) is 23.9 Å². The number of benzene rings is 2. The van der Waals surface area contributed by atoms with Crippen molar-refractivity contribution in [2.45, 2.75) is 19.9 Å². The number of halogens is 2. The lowest BCUT2D eigenvalue weighted by Crippen LogP contribution is -2.29. The summed E-state index contributed by atoms with van der Waals surface area (Å²) in [5, 5.41) is 11.6. The van der Waals surface area contributed by atoms with E-state index in [-0.39, 0.29) is 21.1 Å². The summed E-state index contributed by atoms with van der Waals surface area (Å²) in [5.74, 6) is -3.64. The molecule has 1 atom stereocenters. The summed E-state index contributed by atoms with van der Waals surface area (Å²) < 4.78 is 19.0. The maximum absolute atomic E-state index is 14.2. The molecule has 0 bridgehead atoms. The number of hydrogen-bond acceptors (Lipinski definition) is 7. The topological polar surface area (TPSA) is 96.8 Å². The van der Waals surface area contributed by atoms with Crippen LogP contribution in [0.3, 0.4) is 0 Å². The van der Waals surface area contributed by atoms with E-state index in [0.29, 0.717) is 21.8 Å². The second-order valence-corrected chi connectivity index (χ2v) is 9.00. The molecule has 1 aliphatic rings. The molecule has 1 fully saturated rings. The van der Waals surface area contributed by atoms with Gasteiger partial charge < -0.3 is 9.84 Å². The molecule has 7 nitrogen and oxygen atoms in total. The van der Waals surface area contributed by atoms with Crippen LogP contribution in [0, 0.1) is 19.7 Å². The number of aliphatic hydroxyl groups is 1. The zero-order chi connectivity index (χ0) is 24.7. The molecule has 1 unspecified atom stereocenters. The minimum atomic E-state index is -1.09. The Labute approximate surface area is 203 Å². The number of hydrogen-bond donors (Lipinski definition) is 1. The van der Waals surface area contributed by atoms with Gasteiger partial charge in [0, 0.05) is 10.6 Å². The van der Waals surface area contributed by atoms with Crippen LogP contribution in [0.25, 0.3) is 5.76 Å². The van der Waals surface area contributed by atoms with Crippen molar-refractivity contribution < 1.29 is 28.6 Å². The number of aromatic nitrogens is 1. The third kappa shape index (κ3) is 3.97. The lowest BCUT2D eigenvalue weighted by molar-refractivity contribution is -0.132. The summed E-state index contributed by atoms with van der Waals surface area (Å²) in [5.41, 5.74) is 0.961. The van der Waals surface area contributed by atoms with Crippen molar-refractivity contribution >= 4 is 51.5 Å². The van der Waals surface area contributed by atoms with Crippen LogP contribution >= 0.6 is 22.9 Å². The number of aryl methyl sites for hydroxylation is 2. The van der Waals surface area contributed by atoms with Crippen LogP contribution in [0.2, 0.25) is 5.02 Å². The van der Waals surface area contributed by atoms with Crippen LogP contribution in [-0.4, -0.2) is 34.9 Å². The van der Waals surface area contributed by atoms with Gasteiger partial charge in [0.2, 0.25) is 0 Å². The van der Waals surface area contributed by atoms with Gasteiger partial charge in [-0.1, -0.05) is 47.2 Å². The number of carbonyl (C=O) groups excluding carboxylic acids is 3. The van der Waals surface area contributed by atoms with Crippen molar-refractivity contribution in [2.24, 2.45) is 0 Å². The number of Topliss-reactive ketones (excluding diaryl/α,β-unsaturated/α-hetero) is 1. The van der Waals surface area contributed by atoms with Gasteiger partial charge in [0.25, 0.3) is 5.78 Å². The van der Waals surface area contributed by atoms with Crippen LogP contribution in [0.5, 0.6) is 0 Å². The second kappa shape index (κ2) is 9.00. The lowest BCUT2D eigenvalue weighted by Gasteiger charge is -2.23. The first kappa shape index (κ1) is 23.6. The van der Waals surface area contributed by atoms with Crippen molar-refractivity contribution in [1.82, 2.24) is 4.98 Å². The molecule has 0 radical (unpaired) electrons. The zero-order valence-corrected chi connectivity index (χ0v) is 19.8. The Hall–Kier alpha value is -3.56. The quantitative estimate of drug-likeness (QED) is 0.235. The number of aliphatic hydroxyl groups excluding tert-OH is 1. The molecule has 0 spiro atoms. The molecule has 1 saturated heterocycles. The van der Waals surface area contributed by atoms with Crippen LogP contribution < -0.4 is 4.90 Å². The summed E-state index contributed by atoms with van der Waals surface area (Å²) in [6.07, 6.45) is 0. The molecular weight excluding hydrogens is 483 g/mol. The number of nitrogens with zero attached hydrogens (tertiary/aromatic N) is 2. The predicted molar refractivity (Wildman–Crippen MR) is 126 cm³/mol. The number of amides is 1. The molecule has 34 heavy (non-hydrogen) atoms. The molecule has 4 rings (SSSR count). The Morgan fingerprint density at radius 3 is 2.47 bits per heavy atom. The highest BCUT2D eigenvalue weighted by Gasteiger charge is 2.48. The Morgan fingerprint density at radius 1 is 1.18 bits per heavy atom. The average Bonchev–Trinajstić information content (AvgIpc) is 3.32. The van der Waals surface area contributed by atoms with Crippen molar-refractivity contribution in [2.75, 3.05) is 12.0 Å². The predicted octanol–water partition coefficient (Wildman–Crippen LogP) is 4.97. The molecule has 10 heteroatoms. The van der Waals surface area contributed by atoms with E-state index >= 15 is 0 Å². The number of anilines is 1. The Bertz CT molecular complexity index is 1370. The summed E-state index contributed by atoms with van der Waals surface area (Å²) in [6.45, 7) is 3.14. The maximum Gasteiger partial charge on any atom is 0.350 e. The third-order valence-corrected chi connectivity index (χ3v) is 6.83. The number of thiazole rings is 1. The van der Waals surface area contributed by atoms with Crippen LogP contribution in [0.15, 0.2) is 48.0 Å². The number of carbonyl (C=O) groups is 3. The highest BCUT2D eigenvalue weighted by atomic mass is 35.5. The van der Waals surface area contributed by atoms with Gasteiger partial charge in [0.15, 0.2) is 5.13 Å². The smallest absolute Gasteiger partial charge is 0.350 e. The minimum Gasteiger partial charge on any atom is -0.507 e. The van der Waals surface area contributed by atoms with Gasteiger partial charge in [0.05, 0.1) is 24.4 Å². The van der Waals surface area contributed by atoms with E-state index < -0.39 is 35.3 Å². The lowest BCUT2D eigenvalue weighted by atomic mass is 9.95. The van der Waals surface area contributed by atoms with Crippen LogP contribution in [0.1, 0.15) is 38.1 Å². The fourth-order valence-corrected chi connectivity index (χ4v) is 4.79. The normalized spacial score (nSPS) is 17.3. The first-order valence-electron chi connectivity index (χ1n) is 10.0. The summed E-state index contributed by atoms with van der Waals surface area (Å²) >= 11 is 6.91. The second-order valence-electron chi connectivity index (χ2n) is 7.59. The van der Waals surface area contributed by atoms with Crippen LogP contribution in [0.4, 0.5) is 9.52 Å². The van der Waals surface area contributed by atoms with E-state index in [4.69, 9.17) is 16.3 Å². The fraction of sp³-hybridized carbons (Fsp3) is 0.167. The molecular formula is C24H18ClFN2O5S. The van der Waals surface area contributed by atoms with E-state index in [1.165, 1.54) is 19.2 Å². The standard InChI is InChI=1S/C24H18ClFN2O5S/c1-11-4-5-14(10-16(11)26)19(29)17-18(13-6-8-15(25)9-7-13)28(22(31)20(17)30)24-27-12(2)21(34-24)23(32)33-3/h4-10,18,29H,1-3H3. The number of ether oxygens (including phenoxy) is 1. The maximum atomic E-state index is 14.2. The Balaban J connectivity index is 1.94. The number of esters is 1. The van der Waals surface area contributed by atoms with Crippen LogP contribution in [-0.2, 0) is 14.3 Å². The molecule has 0 saturated carbocycles. The van der Waals surface area contributed by atoms with Gasteiger partial charge in [0.1, 0.15) is 16.5 Å². The average molecular weight is 501 g/mol. The highest BCUT2D eigenvalue weighted by molar-refractivity contribution is 7.17. The molecule has 0 aliphatic carbocycles. The molecule has 1 aliphatic heterocycles. The van der Waals surface area contributed by atoms with Gasteiger partial charge >= 0.3 is 11.9 Å². The van der Waals surface area contributed by atoms with Crippen molar-refractivity contribution in [1.29, 1.82) is 0 Å². The number of rotatable bonds is 4. The largest absolute Gasteiger partial charge is 0.507 e. The van der Waals surface area contributed by atoms with E-state index in [0.717, 1.165) is 22.3 Å². The van der Waals surface area contributed by atoms with Gasteiger partial charge in [-0.15, -0.1) is 0 Å². The molecule has 1 aromatic heterocycles. The van der Waals surface area contributed by atoms with E-state index in [1.54, 1.807) is 38.1 Å².